The number of hydrogen-bond donors (Lipinski definition) is 1. The Kier molecular flexibility index (Phi) is 4.46. The SMILES string of the molecule is c1cc(COCC2CCCC2)ncc1CNC1CC1. The van der Waals surface area contributed by atoms with Gasteiger partial charge in [-0.05, 0) is 43.2 Å². The molecule has 0 aromatic carbocycles. The molecule has 0 radical (unpaired) electrons. The highest BCUT2D eigenvalue weighted by Gasteiger charge is 2.19. The summed E-state index contributed by atoms with van der Waals surface area (Å²) in [4.78, 5) is 4.48. The minimum atomic E-state index is 0.660. The van der Waals surface area contributed by atoms with Crippen LogP contribution < -0.4 is 5.32 Å². The lowest BCUT2D eigenvalue weighted by atomic mass is 10.1. The van der Waals surface area contributed by atoms with E-state index in [2.05, 4.69) is 22.4 Å². The largest absolute Gasteiger partial charge is 0.375 e. The Morgan fingerprint density at radius 2 is 2.00 bits per heavy atom. The van der Waals surface area contributed by atoms with Crippen LogP contribution in [0.3, 0.4) is 0 Å². The number of nitrogens with zero attached hydrogens (tertiary/aromatic N) is 1. The predicted molar refractivity (Wildman–Crippen MR) is 75.7 cm³/mol. The fourth-order valence-electron chi connectivity index (χ4n) is 2.70. The third-order valence-corrected chi connectivity index (χ3v) is 4.14. The van der Waals surface area contributed by atoms with E-state index < -0.39 is 0 Å². The first-order valence-corrected chi connectivity index (χ1v) is 7.65. The van der Waals surface area contributed by atoms with Crippen molar-refractivity contribution in [3.8, 4) is 0 Å². The predicted octanol–water partition coefficient (Wildman–Crippen LogP) is 3.04. The first-order chi connectivity index (χ1) is 9.40. The molecule has 0 atom stereocenters. The molecule has 2 saturated carbocycles. The summed E-state index contributed by atoms with van der Waals surface area (Å²) >= 11 is 0. The van der Waals surface area contributed by atoms with E-state index in [1.54, 1.807) is 0 Å². The van der Waals surface area contributed by atoms with Crippen LogP contribution in [-0.4, -0.2) is 17.6 Å². The molecule has 1 N–H and O–H groups in total. The molecule has 0 amide bonds. The second-order valence-electron chi connectivity index (χ2n) is 5.98. The number of aromatic nitrogens is 1. The lowest BCUT2D eigenvalue weighted by molar-refractivity contribution is 0.0867. The quantitative estimate of drug-likeness (QED) is 0.818. The fraction of sp³-hybridized carbons (Fsp3) is 0.688. The van der Waals surface area contributed by atoms with Crippen molar-refractivity contribution in [1.82, 2.24) is 10.3 Å². The van der Waals surface area contributed by atoms with E-state index in [4.69, 9.17) is 4.74 Å². The highest BCUT2D eigenvalue weighted by molar-refractivity contribution is 5.13. The van der Waals surface area contributed by atoms with Crippen LogP contribution in [-0.2, 0) is 17.9 Å². The summed E-state index contributed by atoms with van der Waals surface area (Å²) in [6, 6.07) is 5.02. The zero-order chi connectivity index (χ0) is 12.9. The van der Waals surface area contributed by atoms with Gasteiger partial charge in [-0.2, -0.15) is 0 Å². The van der Waals surface area contributed by atoms with Crippen molar-refractivity contribution in [3.63, 3.8) is 0 Å². The minimum absolute atomic E-state index is 0.660. The third kappa shape index (κ3) is 4.29. The van der Waals surface area contributed by atoms with Gasteiger partial charge in [0.1, 0.15) is 0 Å². The maximum absolute atomic E-state index is 5.77. The maximum atomic E-state index is 5.77. The van der Waals surface area contributed by atoms with E-state index in [0.29, 0.717) is 6.61 Å². The molecular weight excluding hydrogens is 236 g/mol. The molecule has 2 fully saturated rings. The monoisotopic (exact) mass is 260 g/mol. The fourth-order valence-corrected chi connectivity index (χ4v) is 2.70. The Hall–Kier alpha value is -0.930. The smallest absolute Gasteiger partial charge is 0.0887 e. The highest BCUT2D eigenvalue weighted by atomic mass is 16.5. The van der Waals surface area contributed by atoms with Crippen molar-refractivity contribution >= 4 is 0 Å². The topological polar surface area (TPSA) is 34.1 Å². The Labute approximate surface area is 115 Å². The molecular formula is C16H24N2O. The molecule has 0 saturated heterocycles. The first kappa shape index (κ1) is 13.1. The van der Waals surface area contributed by atoms with E-state index in [0.717, 1.165) is 30.8 Å². The molecule has 19 heavy (non-hydrogen) atoms. The van der Waals surface area contributed by atoms with Crippen LogP contribution in [0.4, 0.5) is 0 Å². The van der Waals surface area contributed by atoms with E-state index in [9.17, 15) is 0 Å². The van der Waals surface area contributed by atoms with Crippen molar-refractivity contribution < 1.29 is 4.74 Å². The zero-order valence-corrected chi connectivity index (χ0v) is 11.6. The Morgan fingerprint density at radius 1 is 1.16 bits per heavy atom. The molecule has 2 aliphatic carbocycles. The van der Waals surface area contributed by atoms with Crippen molar-refractivity contribution in [2.75, 3.05) is 6.61 Å². The first-order valence-electron chi connectivity index (χ1n) is 7.65. The molecule has 0 unspecified atom stereocenters. The minimum Gasteiger partial charge on any atom is -0.375 e. The summed E-state index contributed by atoms with van der Waals surface area (Å²) < 4.78 is 5.77. The Morgan fingerprint density at radius 3 is 2.68 bits per heavy atom. The molecule has 0 bridgehead atoms. The lowest BCUT2D eigenvalue weighted by Gasteiger charge is -2.09. The standard InChI is InChI=1S/C16H24N2O/c1-2-4-13(3-1)11-19-12-16-6-5-14(10-18-16)9-17-15-7-8-15/h5-6,10,13,15,17H,1-4,7-9,11-12H2. The van der Waals surface area contributed by atoms with Crippen LogP contribution in [0.25, 0.3) is 0 Å². The number of pyridine rings is 1. The van der Waals surface area contributed by atoms with Gasteiger partial charge < -0.3 is 10.1 Å². The Balaban J connectivity index is 1.37. The number of hydrogen-bond acceptors (Lipinski definition) is 3. The molecule has 1 aromatic rings. The third-order valence-electron chi connectivity index (χ3n) is 4.14. The van der Waals surface area contributed by atoms with Crippen LogP contribution in [0.2, 0.25) is 0 Å². The molecule has 3 heteroatoms. The summed E-state index contributed by atoms with van der Waals surface area (Å²) in [7, 11) is 0. The molecule has 0 aliphatic heterocycles. The van der Waals surface area contributed by atoms with Gasteiger partial charge in [-0.15, -0.1) is 0 Å². The summed E-state index contributed by atoms with van der Waals surface area (Å²) in [6.07, 6.45) is 10.1. The summed E-state index contributed by atoms with van der Waals surface area (Å²) in [6.45, 7) is 2.51. The van der Waals surface area contributed by atoms with Gasteiger partial charge in [-0.1, -0.05) is 18.9 Å². The van der Waals surface area contributed by atoms with E-state index >= 15 is 0 Å². The molecule has 1 aromatic heterocycles. The Bertz CT molecular complexity index is 380. The second kappa shape index (κ2) is 6.49. The van der Waals surface area contributed by atoms with Crippen molar-refractivity contribution in [2.24, 2.45) is 5.92 Å². The lowest BCUT2D eigenvalue weighted by Crippen LogP contribution is -2.15. The van der Waals surface area contributed by atoms with E-state index in [1.807, 2.05) is 6.20 Å². The van der Waals surface area contributed by atoms with Gasteiger partial charge >= 0.3 is 0 Å². The molecule has 3 nitrogen and oxygen atoms in total. The molecule has 2 aliphatic rings. The maximum Gasteiger partial charge on any atom is 0.0887 e. The molecule has 104 valence electrons. The van der Waals surface area contributed by atoms with Crippen LogP contribution in [0.5, 0.6) is 0 Å². The average Bonchev–Trinajstić information content (AvgIpc) is 3.13. The van der Waals surface area contributed by atoms with E-state index in [-0.39, 0.29) is 0 Å². The summed E-state index contributed by atoms with van der Waals surface area (Å²) in [5, 5.41) is 3.50. The summed E-state index contributed by atoms with van der Waals surface area (Å²) in [5.74, 6) is 0.794. The van der Waals surface area contributed by atoms with Gasteiger partial charge in [0.15, 0.2) is 0 Å². The van der Waals surface area contributed by atoms with Gasteiger partial charge in [-0.25, -0.2) is 0 Å². The van der Waals surface area contributed by atoms with E-state index in [1.165, 1.54) is 44.1 Å². The number of nitrogens with one attached hydrogen (secondary N) is 1. The zero-order valence-electron chi connectivity index (χ0n) is 11.6. The summed E-state index contributed by atoms with van der Waals surface area (Å²) in [5.41, 5.74) is 2.32. The van der Waals surface area contributed by atoms with Crippen LogP contribution in [0, 0.1) is 5.92 Å². The van der Waals surface area contributed by atoms with Gasteiger partial charge in [-0.3, -0.25) is 4.98 Å². The van der Waals surface area contributed by atoms with Crippen LogP contribution in [0.15, 0.2) is 18.3 Å². The highest BCUT2D eigenvalue weighted by Crippen LogP contribution is 2.24. The number of ether oxygens (including phenoxy) is 1. The number of rotatable bonds is 7. The van der Waals surface area contributed by atoms with Crippen molar-refractivity contribution in [1.29, 1.82) is 0 Å². The van der Waals surface area contributed by atoms with Gasteiger partial charge in [0.2, 0.25) is 0 Å². The second-order valence-corrected chi connectivity index (χ2v) is 5.98. The average molecular weight is 260 g/mol. The van der Waals surface area contributed by atoms with Crippen LogP contribution >= 0.6 is 0 Å². The molecule has 0 spiro atoms. The van der Waals surface area contributed by atoms with Crippen molar-refractivity contribution in [2.45, 2.75) is 57.7 Å². The van der Waals surface area contributed by atoms with Gasteiger partial charge in [0.25, 0.3) is 0 Å². The normalized spacial score (nSPS) is 20.0. The van der Waals surface area contributed by atoms with Crippen molar-refractivity contribution in [3.05, 3.63) is 29.6 Å². The molecule has 1 heterocycles. The van der Waals surface area contributed by atoms with Crippen LogP contribution in [0.1, 0.15) is 49.8 Å². The van der Waals surface area contributed by atoms with Gasteiger partial charge in [0.05, 0.1) is 12.3 Å². The molecule has 3 rings (SSSR count). The van der Waals surface area contributed by atoms with Gasteiger partial charge in [0, 0.05) is 25.4 Å².